The number of esters is 2. The molecule has 2 aliphatic heterocycles. The Labute approximate surface area is 193 Å². The third kappa shape index (κ3) is 4.62. The van der Waals surface area contributed by atoms with Crippen LogP contribution in [0, 0.1) is 0 Å². The van der Waals surface area contributed by atoms with Crippen LogP contribution < -0.4 is 5.32 Å². The first-order valence-corrected chi connectivity index (χ1v) is 11.1. The van der Waals surface area contributed by atoms with Gasteiger partial charge in [-0.05, 0) is 36.1 Å². The maximum absolute atomic E-state index is 13.1. The predicted molar refractivity (Wildman–Crippen MR) is 121 cm³/mol. The maximum Gasteiger partial charge on any atom is 0.337 e. The van der Waals surface area contributed by atoms with E-state index in [-0.39, 0.29) is 24.5 Å². The average Bonchev–Trinajstić information content (AvgIpc) is 3.15. The van der Waals surface area contributed by atoms with Crippen LogP contribution in [0.1, 0.15) is 40.4 Å². The summed E-state index contributed by atoms with van der Waals surface area (Å²) in [5, 5.41) is 3.35. The summed E-state index contributed by atoms with van der Waals surface area (Å²) in [5.74, 6) is -0.835. The Morgan fingerprint density at radius 3 is 2.36 bits per heavy atom. The Kier molecular flexibility index (Phi) is 6.76. The van der Waals surface area contributed by atoms with Crippen molar-refractivity contribution in [2.45, 2.75) is 24.4 Å². The molecule has 2 aromatic carbocycles. The summed E-state index contributed by atoms with van der Waals surface area (Å²) in [6, 6.07) is 17.6. The lowest BCUT2D eigenvalue weighted by Crippen LogP contribution is -2.55. The molecule has 1 N–H and O–H groups in total. The lowest BCUT2D eigenvalue weighted by molar-refractivity contribution is -0.147. The molecule has 4 rings (SSSR count). The number of hydrogen-bond donors (Lipinski definition) is 1. The van der Waals surface area contributed by atoms with Crippen LogP contribution in [0.2, 0.25) is 0 Å². The number of rotatable bonds is 6. The highest BCUT2D eigenvalue weighted by molar-refractivity contribution is 5.91. The molecule has 0 bridgehead atoms. The van der Waals surface area contributed by atoms with Crippen molar-refractivity contribution >= 4 is 17.8 Å². The number of nitrogens with one attached hydrogen (secondary N) is 1. The van der Waals surface area contributed by atoms with Gasteiger partial charge in [0.1, 0.15) is 12.1 Å². The molecule has 2 aliphatic rings. The number of likely N-dealkylation sites (tertiary alicyclic amines) is 1. The molecule has 174 valence electrons. The van der Waals surface area contributed by atoms with Gasteiger partial charge in [0.2, 0.25) is 5.91 Å². The number of ether oxygens (including phenoxy) is 2. The molecule has 2 heterocycles. The number of methoxy groups -OCH3 is 2. The molecule has 0 aromatic heterocycles. The second-order valence-electron chi connectivity index (χ2n) is 8.46. The van der Waals surface area contributed by atoms with Crippen LogP contribution >= 0.6 is 0 Å². The van der Waals surface area contributed by atoms with E-state index < -0.39 is 11.5 Å². The fraction of sp³-hybridized carbons (Fsp3) is 0.400. The molecule has 1 spiro atoms. The Balaban J connectivity index is 1.56. The molecular weight excluding hydrogens is 422 g/mol. The van der Waals surface area contributed by atoms with Crippen LogP contribution in [0.15, 0.2) is 54.6 Å². The number of carbonyl (C=O) groups excluding carboxylic acids is 3. The van der Waals surface area contributed by atoms with Gasteiger partial charge in [0, 0.05) is 13.1 Å². The zero-order chi connectivity index (χ0) is 23.4. The van der Waals surface area contributed by atoms with Crippen LogP contribution in [-0.2, 0) is 19.1 Å². The normalized spacial score (nSPS) is 18.8. The minimum atomic E-state index is -0.653. The Bertz CT molecular complexity index is 1020. The van der Waals surface area contributed by atoms with E-state index in [0.717, 1.165) is 11.1 Å². The largest absolute Gasteiger partial charge is 0.468 e. The predicted octanol–water partition coefficient (Wildman–Crippen LogP) is 1.96. The molecular formula is C25H29N3O5. The van der Waals surface area contributed by atoms with E-state index >= 15 is 0 Å². The van der Waals surface area contributed by atoms with Gasteiger partial charge >= 0.3 is 11.9 Å². The molecule has 0 radical (unpaired) electrons. The molecule has 2 saturated heterocycles. The topological polar surface area (TPSA) is 88.2 Å². The van der Waals surface area contributed by atoms with Crippen molar-refractivity contribution in [3.63, 3.8) is 0 Å². The van der Waals surface area contributed by atoms with Crippen LogP contribution in [0.25, 0.3) is 0 Å². The highest BCUT2D eigenvalue weighted by Gasteiger charge is 2.49. The van der Waals surface area contributed by atoms with Gasteiger partial charge in [-0.15, -0.1) is 0 Å². The van der Waals surface area contributed by atoms with Crippen LogP contribution in [-0.4, -0.2) is 73.7 Å². The summed E-state index contributed by atoms with van der Waals surface area (Å²) < 4.78 is 9.62. The molecule has 8 heteroatoms. The van der Waals surface area contributed by atoms with Crippen LogP contribution in [0.5, 0.6) is 0 Å². The van der Waals surface area contributed by atoms with E-state index in [9.17, 15) is 14.4 Å². The van der Waals surface area contributed by atoms with E-state index in [1.165, 1.54) is 19.1 Å². The van der Waals surface area contributed by atoms with Gasteiger partial charge < -0.3 is 14.4 Å². The van der Waals surface area contributed by atoms with Crippen molar-refractivity contribution in [2.75, 3.05) is 40.5 Å². The van der Waals surface area contributed by atoms with Crippen molar-refractivity contribution in [1.82, 2.24) is 15.1 Å². The van der Waals surface area contributed by atoms with Crippen molar-refractivity contribution in [3.8, 4) is 0 Å². The first-order chi connectivity index (χ1) is 16.0. The molecule has 2 fully saturated rings. The standard InChI is InChI=1S/C25H29N3O5/c1-32-21(29)16-28-17-26-25(24(28)31)11-13-27(14-12-25)22(18-7-4-3-5-8-18)19-9-6-10-20(15-19)23(30)33-2/h3-10,15,22,26H,11-14,16-17H2,1-2H3. The molecule has 2 aromatic rings. The monoisotopic (exact) mass is 451 g/mol. The molecule has 0 saturated carbocycles. The Hall–Kier alpha value is -3.23. The molecule has 33 heavy (non-hydrogen) atoms. The van der Waals surface area contributed by atoms with Gasteiger partial charge in [-0.25, -0.2) is 4.79 Å². The van der Waals surface area contributed by atoms with E-state index in [1.54, 1.807) is 6.07 Å². The molecule has 1 unspecified atom stereocenters. The second kappa shape index (κ2) is 9.72. The highest BCUT2D eigenvalue weighted by atomic mass is 16.5. The van der Waals surface area contributed by atoms with Crippen molar-refractivity contribution in [1.29, 1.82) is 0 Å². The van der Waals surface area contributed by atoms with Gasteiger partial charge in [-0.3, -0.25) is 19.8 Å². The minimum Gasteiger partial charge on any atom is -0.468 e. The minimum absolute atomic E-state index is 0.0409. The zero-order valence-corrected chi connectivity index (χ0v) is 19.0. The summed E-state index contributed by atoms with van der Waals surface area (Å²) in [6.45, 7) is 1.68. The average molecular weight is 452 g/mol. The van der Waals surface area contributed by atoms with E-state index in [4.69, 9.17) is 9.47 Å². The number of carbonyl (C=O) groups is 3. The highest BCUT2D eigenvalue weighted by Crippen LogP contribution is 2.36. The third-order valence-electron chi connectivity index (χ3n) is 6.61. The smallest absolute Gasteiger partial charge is 0.337 e. The summed E-state index contributed by atoms with van der Waals surface area (Å²) in [4.78, 5) is 40.7. The first-order valence-electron chi connectivity index (χ1n) is 11.1. The Morgan fingerprint density at radius 2 is 1.70 bits per heavy atom. The van der Waals surface area contributed by atoms with E-state index in [1.807, 2.05) is 36.4 Å². The van der Waals surface area contributed by atoms with Gasteiger partial charge in [0.15, 0.2) is 0 Å². The summed E-state index contributed by atoms with van der Waals surface area (Å²) in [5.41, 5.74) is 1.97. The van der Waals surface area contributed by atoms with Crippen molar-refractivity contribution in [2.24, 2.45) is 0 Å². The summed E-state index contributed by atoms with van der Waals surface area (Å²) in [6.07, 6.45) is 1.26. The lowest BCUT2D eigenvalue weighted by atomic mass is 9.85. The fourth-order valence-electron chi connectivity index (χ4n) is 4.80. The molecule has 0 aliphatic carbocycles. The first kappa shape index (κ1) is 22.9. The quantitative estimate of drug-likeness (QED) is 0.672. The molecule has 8 nitrogen and oxygen atoms in total. The molecule has 1 atom stereocenters. The van der Waals surface area contributed by atoms with Gasteiger partial charge in [-0.1, -0.05) is 42.5 Å². The van der Waals surface area contributed by atoms with Crippen LogP contribution in [0.3, 0.4) is 0 Å². The Morgan fingerprint density at radius 1 is 1.00 bits per heavy atom. The zero-order valence-electron chi connectivity index (χ0n) is 19.0. The fourth-order valence-corrected chi connectivity index (χ4v) is 4.80. The lowest BCUT2D eigenvalue weighted by Gasteiger charge is -2.42. The van der Waals surface area contributed by atoms with Gasteiger partial charge in [0.25, 0.3) is 0 Å². The summed E-state index contributed by atoms with van der Waals surface area (Å²) >= 11 is 0. The van der Waals surface area contributed by atoms with Crippen molar-refractivity contribution in [3.05, 3.63) is 71.3 Å². The van der Waals surface area contributed by atoms with E-state index in [2.05, 4.69) is 22.3 Å². The number of nitrogens with zero attached hydrogens (tertiary/aromatic N) is 2. The van der Waals surface area contributed by atoms with Gasteiger partial charge in [0.05, 0.1) is 32.5 Å². The SMILES string of the molecule is COC(=O)CN1CNC2(CCN(C(c3ccccc3)c3cccc(C(=O)OC)c3)CC2)C1=O. The number of amides is 1. The van der Waals surface area contributed by atoms with Gasteiger partial charge in [-0.2, -0.15) is 0 Å². The third-order valence-corrected chi connectivity index (χ3v) is 6.61. The van der Waals surface area contributed by atoms with Crippen molar-refractivity contribution < 1.29 is 23.9 Å². The second-order valence-corrected chi connectivity index (χ2v) is 8.46. The van der Waals surface area contributed by atoms with E-state index in [0.29, 0.717) is 38.2 Å². The number of piperidine rings is 1. The molecule has 1 amide bonds. The number of hydrogen-bond acceptors (Lipinski definition) is 7. The number of benzene rings is 2. The van der Waals surface area contributed by atoms with Crippen LogP contribution in [0.4, 0.5) is 0 Å². The maximum atomic E-state index is 13.1. The summed E-state index contributed by atoms with van der Waals surface area (Å²) in [7, 11) is 2.70.